The summed E-state index contributed by atoms with van der Waals surface area (Å²) in [6.07, 6.45) is 8.50. The Hall–Kier alpha value is -5.96. The van der Waals surface area contributed by atoms with Crippen LogP contribution in [0.2, 0.25) is 0 Å². The lowest BCUT2D eigenvalue weighted by atomic mass is 10.1. The predicted molar refractivity (Wildman–Crippen MR) is 208 cm³/mol. The molecule has 1 atom stereocenters. The Morgan fingerprint density at radius 3 is 2.36 bits per heavy atom. The first-order chi connectivity index (χ1) is 27.1. The van der Waals surface area contributed by atoms with Crippen LogP contribution in [0.3, 0.4) is 0 Å². The quantitative estimate of drug-likeness (QED) is 0.0561. The van der Waals surface area contributed by atoms with Crippen LogP contribution in [0.15, 0.2) is 91.3 Å². The van der Waals surface area contributed by atoms with Crippen LogP contribution >= 0.6 is 0 Å². The van der Waals surface area contributed by atoms with Crippen LogP contribution in [-0.4, -0.2) is 102 Å². The number of anilines is 2. The summed E-state index contributed by atoms with van der Waals surface area (Å²) in [6.45, 7) is 4.21. The first-order valence-electron chi connectivity index (χ1n) is 18.3. The average molecular weight is 748 g/mol. The monoisotopic (exact) mass is 747 g/mol. The van der Waals surface area contributed by atoms with Gasteiger partial charge in [-0.1, -0.05) is 36.4 Å². The molecule has 0 spiro atoms. The minimum atomic E-state index is -0.0774. The number of nitrogens with one attached hydrogen (secondary N) is 1. The van der Waals surface area contributed by atoms with E-state index in [0.29, 0.717) is 123 Å². The number of aldehydes is 2. The molecule has 14 heteroatoms. The molecule has 3 N–H and O–H groups in total. The molecule has 5 aromatic rings. The number of hydrogen-bond acceptors (Lipinski definition) is 12. The maximum atomic E-state index is 13.2. The fourth-order valence-corrected chi connectivity index (χ4v) is 6.32. The van der Waals surface area contributed by atoms with E-state index in [1.54, 1.807) is 24.3 Å². The van der Waals surface area contributed by atoms with Crippen LogP contribution in [0.4, 0.5) is 11.5 Å². The van der Waals surface area contributed by atoms with E-state index in [1.807, 2.05) is 70.3 Å². The lowest BCUT2D eigenvalue weighted by Crippen LogP contribution is -2.40. The second-order valence-electron chi connectivity index (χ2n) is 12.8. The molecule has 0 bridgehead atoms. The van der Waals surface area contributed by atoms with E-state index in [4.69, 9.17) is 29.8 Å². The Morgan fingerprint density at radius 2 is 1.60 bits per heavy atom. The first-order valence-corrected chi connectivity index (χ1v) is 18.3. The molecule has 1 aliphatic rings. The largest absolute Gasteiger partial charge is 0.457 e. The normalized spacial score (nSPS) is 14.3. The van der Waals surface area contributed by atoms with E-state index in [2.05, 4.69) is 15.3 Å². The zero-order chi connectivity index (χ0) is 38.2. The molecule has 1 saturated heterocycles. The number of rotatable bonds is 20. The molecule has 2 aromatic heterocycles. The second kappa shape index (κ2) is 19.9. The Bertz CT molecular complexity index is 2050. The van der Waals surface area contributed by atoms with E-state index in [1.165, 1.54) is 6.33 Å². The molecule has 286 valence electrons. The van der Waals surface area contributed by atoms with Gasteiger partial charge in [0.2, 0.25) is 5.91 Å². The number of aromatic nitrogens is 4. The summed E-state index contributed by atoms with van der Waals surface area (Å²) in [6, 6.07) is 22.3. The number of nitrogens with zero attached hydrogens (tertiary/aromatic N) is 5. The molecule has 1 amide bonds. The zero-order valence-corrected chi connectivity index (χ0v) is 30.5. The SMILES string of the molecule is Nc1ncnc2c1c(-c1ccc(Oc3ccccc3)cc1)nn2C1CCCN(C(=O)/C=C/CCOCCOCCOCCNc2cccc(C=O)c2C=O)C1. The van der Waals surface area contributed by atoms with Gasteiger partial charge in [0.1, 0.15) is 29.3 Å². The van der Waals surface area contributed by atoms with Gasteiger partial charge in [0, 0.05) is 42.0 Å². The van der Waals surface area contributed by atoms with Gasteiger partial charge in [-0.3, -0.25) is 14.4 Å². The minimum absolute atomic E-state index is 0.0540. The van der Waals surface area contributed by atoms with Crippen molar-refractivity contribution in [3.05, 3.63) is 102 Å². The summed E-state index contributed by atoms with van der Waals surface area (Å²) in [5, 5.41) is 8.78. The molecule has 1 fully saturated rings. The number of carbonyl (C=O) groups is 3. The van der Waals surface area contributed by atoms with Crippen molar-refractivity contribution in [2.24, 2.45) is 0 Å². The van der Waals surface area contributed by atoms with Gasteiger partial charge in [-0.05, 0) is 67.8 Å². The van der Waals surface area contributed by atoms with E-state index < -0.39 is 0 Å². The highest BCUT2D eigenvalue weighted by molar-refractivity contribution is 5.98. The molecule has 3 aromatic carbocycles. The molecular formula is C41H45N7O7. The number of fused-ring (bicyclic) bond motifs is 1. The van der Waals surface area contributed by atoms with Crippen molar-refractivity contribution in [2.75, 3.05) is 70.3 Å². The number of nitrogen functional groups attached to an aromatic ring is 1. The Kier molecular flexibility index (Phi) is 14.0. The number of piperidine rings is 1. The van der Waals surface area contributed by atoms with Crippen LogP contribution < -0.4 is 15.8 Å². The summed E-state index contributed by atoms with van der Waals surface area (Å²) in [7, 11) is 0. The van der Waals surface area contributed by atoms with Crippen molar-refractivity contribution in [3.63, 3.8) is 0 Å². The smallest absolute Gasteiger partial charge is 0.246 e. The van der Waals surface area contributed by atoms with Crippen molar-refractivity contribution in [2.45, 2.75) is 25.3 Å². The van der Waals surface area contributed by atoms with Gasteiger partial charge in [-0.25, -0.2) is 14.6 Å². The van der Waals surface area contributed by atoms with E-state index in [-0.39, 0.29) is 11.9 Å². The van der Waals surface area contributed by atoms with Crippen LogP contribution in [0.5, 0.6) is 11.5 Å². The lowest BCUT2D eigenvalue weighted by molar-refractivity contribution is -0.127. The van der Waals surface area contributed by atoms with Crippen molar-refractivity contribution in [1.29, 1.82) is 0 Å². The molecule has 0 aliphatic carbocycles. The van der Waals surface area contributed by atoms with E-state index >= 15 is 0 Å². The molecule has 0 saturated carbocycles. The third kappa shape index (κ3) is 10.4. The molecule has 55 heavy (non-hydrogen) atoms. The summed E-state index contributed by atoms with van der Waals surface area (Å²) in [5.74, 6) is 1.75. The Labute approximate surface area is 319 Å². The fraction of sp³-hybridized carbons (Fsp3) is 0.317. The molecule has 6 rings (SSSR count). The second-order valence-corrected chi connectivity index (χ2v) is 12.8. The third-order valence-electron chi connectivity index (χ3n) is 9.06. The number of para-hydroxylation sites is 1. The van der Waals surface area contributed by atoms with Crippen molar-refractivity contribution >= 4 is 41.0 Å². The number of nitrogens with two attached hydrogens (primary N) is 1. The summed E-state index contributed by atoms with van der Waals surface area (Å²) < 4.78 is 24.6. The number of ether oxygens (including phenoxy) is 4. The minimum Gasteiger partial charge on any atom is -0.457 e. The highest BCUT2D eigenvalue weighted by Gasteiger charge is 2.28. The van der Waals surface area contributed by atoms with Gasteiger partial charge in [0.15, 0.2) is 18.2 Å². The van der Waals surface area contributed by atoms with Crippen LogP contribution in [-0.2, 0) is 19.0 Å². The van der Waals surface area contributed by atoms with Gasteiger partial charge in [-0.15, -0.1) is 0 Å². The van der Waals surface area contributed by atoms with Gasteiger partial charge < -0.3 is 34.9 Å². The highest BCUT2D eigenvalue weighted by atomic mass is 16.5. The number of benzene rings is 3. The number of carbonyl (C=O) groups excluding carboxylic acids is 3. The van der Waals surface area contributed by atoms with Gasteiger partial charge in [0.05, 0.1) is 51.1 Å². The molecular weight excluding hydrogens is 702 g/mol. The number of likely N-dealkylation sites (tertiary alicyclic amines) is 1. The number of hydrogen-bond donors (Lipinski definition) is 2. The molecule has 14 nitrogen and oxygen atoms in total. The van der Waals surface area contributed by atoms with Crippen LogP contribution in [0.1, 0.15) is 46.0 Å². The maximum absolute atomic E-state index is 13.2. The molecule has 1 unspecified atom stereocenters. The molecule has 0 radical (unpaired) electrons. The predicted octanol–water partition coefficient (Wildman–Crippen LogP) is 5.76. The van der Waals surface area contributed by atoms with Crippen molar-refractivity contribution in [3.8, 4) is 22.8 Å². The van der Waals surface area contributed by atoms with Gasteiger partial charge >= 0.3 is 0 Å². The lowest BCUT2D eigenvalue weighted by Gasteiger charge is -2.32. The first kappa shape index (κ1) is 38.8. The summed E-state index contributed by atoms with van der Waals surface area (Å²) >= 11 is 0. The summed E-state index contributed by atoms with van der Waals surface area (Å²) in [4.78, 5) is 46.2. The Morgan fingerprint density at radius 1 is 0.855 bits per heavy atom. The average Bonchev–Trinajstić information content (AvgIpc) is 3.62. The van der Waals surface area contributed by atoms with E-state index in [0.717, 1.165) is 24.2 Å². The topological polar surface area (TPSA) is 173 Å². The van der Waals surface area contributed by atoms with Gasteiger partial charge in [-0.2, -0.15) is 5.10 Å². The highest BCUT2D eigenvalue weighted by Crippen LogP contribution is 2.35. The molecule has 1 aliphatic heterocycles. The molecule has 3 heterocycles. The standard InChI is InChI=1S/C41H45N7O7/c42-40-38-39(30-14-16-34(17-15-30)55-33-10-2-1-3-11-33)46-48(41(38)45-29-44-40)32-9-7-19-47(26-32)37(51)13-4-5-20-52-22-24-54-25-23-53-21-18-43-36-12-6-8-31(27-49)35(36)28-50/h1-4,6,8,10-17,27-29,32,43H,5,7,9,18-26H2,(H2,42,44,45)/b13-4+. The Balaban J connectivity index is 0.898. The maximum Gasteiger partial charge on any atom is 0.246 e. The summed E-state index contributed by atoms with van der Waals surface area (Å²) in [5.41, 5.74) is 9.83. The zero-order valence-electron chi connectivity index (χ0n) is 30.5. The van der Waals surface area contributed by atoms with Crippen molar-refractivity contribution < 1.29 is 33.3 Å². The van der Waals surface area contributed by atoms with Crippen LogP contribution in [0.25, 0.3) is 22.3 Å². The van der Waals surface area contributed by atoms with Crippen molar-refractivity contribution in [1.82, 2.24) is 24.6 Å². The van der Waals surface area contributed by atoms with E-state index in [9.17, 15) is 14.4 Å². The van der Waals surface area contributed by atoms with Gasteiger partial charge in [0.25, 0.3) is 0 Å². The fourth-order valence-electron chi connectivity index (χ4n) is 6.32. The number of amides is 1. The van der Waals surface area contributed by atoms with Crippen LogP contribution in [0, 0.1) is 0 Å². The third-order valence-corrected chi connectivity index (χ3v) is 9.06.